The molecule has 3 aromatic rings. The summed E-state index contributed by atoms with van der Waals surface area (Å²) < 4.78 is 39.5. The van der Waals surface area contributed by atoms with Crippen molar-refractivity contribution >= 4 is 34.6 Å². The topological polar surface area (TPSA) is 94.6 Å². The first-order valence-electron chi connectivity index (χ1n) is 13.3. The maximum absolute atomic E-state index is 13.2. The average Bonchev–Trinajstić information content (AvgIpc) is 3.38. The maximum atomic E-state index is 13.2. The Balaban J connectivity index is 1.40. The summed E-state index contributed by atoms with van der Waals surface area (Å²) in [6, 6.07) is 14.0. The lowest BCUT2D eigenvalue weighted by Gasteiger charge is -2.23. The molecular weight excluding hydrogens is 533 g/mol. The van der Waals surface area contributed by atoms with Crippen molar-refractivity contribution in [2.24, 2.45) is 0 Å². The van der Waals surface area contributed by atoms with Gasteiger partial charge in [-0.2, -0.15) is 13.2 Å². The molecule has 41 heavy (non-hydrogen) atoms. The number of nitrogens with zero attached hydrogens (tertiary/aromatic N) is 2. The lowest BCUT2D eigenvalue weighted by atomic mass is 9.97. The number of nitrogens with one attached hydrogen (secondary N) is 2. The Morgan fingerprint density at radius 1 is 1.12 bits per heavy atom. The first-order chi connectivity index (χ1) is 19.6. The Morgan fingerprint density at radius 2 is 1.88 bits per heavy atom. The normalized spacial score (nSPS) is 19.3. The summed E-state index contributed by atoms with van der Waals surface area (Å²) in [5.74, 6) is -0.114. The number of allylic oxidation sites excluding steroid dienone is 2. The molecular formula is C31H29F3N4O3. The van der Waals surface area contributed by atoms with E-state index < -0.39 is 29.7 Å². The summed E-state index contributed by atoms with van der Waals surface area (Å²) in [4.78, 5) is 31.4. The highest BCUT2D eigenvalue weighted by molar-refractivity contribution is 6.03. The van der Waals surface area contributed by atoms with E-state index in [1.54, 1.807) is 30.5 Å². The van der Waals surface area contributed by atoms with Gasteiger partial charge in [0.2, 0.25) is 5.91 Å². The molecule has 1 saturated heterocycles. The van der Waals surface area contributed by atoms with Gasteiger partial charge < -0.3 is 20.6 Å². The molecule has 1 fully saturated rings. The largest absolute Gasteiger partial charge is 0.416 e. The Kier molecular flexibility index (Phi) is 7.94. The maximum Gasteiger partial charge on any atom is 0.416 e. The first kappa shape index (κ1) is 28.1. The summed E-state index contributed by atoms with van der Waals surface area (Å²) >= 11 is 0. The number of hydrogen-bond acceptors (Lipinski definition) is 5. The third-order valence-corrected chi connectivity index (χ3v) is 7.33. The van der Waals surface area contributed by atoms with Gasteiger partial charge in [-0.3, -0.25) is 9.59 Å². The zero-order valence-electron chi connectivity index (χ0n) is 22.3. The van der Waals surface area contributed by atoms with E-state index in [1.165, 1.54) is 24.3 Å². The van der Waals surface area contributed by atoms with Crippen LogP contribution in [-0.4, -0.2) is 40.6 Å². The third-order valence-electron chi connectivity index (χ3n) is 7.33. The standard InChI is InChI=1S/C31H29F3N4O3/c1-19-5-4-16-38(19)28-15-12-21(18-35-28)23(20-10-13-22(14-11-20)31(32,33)34)6-2-9-29(40)36-25-7-3-8-26-24(25)17-27(39)30(41)37-26/h2-3,6-15,18-19,27,39H,4-5,16-17H2,1H3,(H,36,40)(H,37,41). The summed E-state index contributed by atoms with van der Waals surface area (Å²) in [6.07, 6.45) is 2.75. The number of rotatable bonds is 6. The smallest absolute Gasteiger partial charge is 0.383 e. The van der Waals surface area contributed by atoms with E-state index in [0.29, 0.717) is 39.7 Å². The molecule has 0 spiro atoms. The number of fused-ring (bicyclic) bond motifs is 1. The van der Waals surface area contributed by atoms with Crippen LogP contribution in [0.5, 0.6) is 0 Å². The summed E-state index contributed by atoms with van der Waals surface area (Å²) in [6.45, 7) is 3.07. The van der Waals surface area contributed by atoms with Crippen LogP contribution < -0.4 is 15.5 Å². The van der Waals surface area contributed by atoms with Crippen molar-refractivity contribution in [1.82, 2.24) is 4.98 Å². The van der Waals surface area contributed by atoms with Crippen molar-refractivity contribution in [3.05, 3.63) is 101 Å². The van der Waals surface area contributed by atoms with E-state index in [4.69, 9.17) is 0 Å². The van der Waals surface area contributed by atoms with Gasteiger partial charge in [-0.1, -0.05) is 30.4 Å². The fourth-order valence-electron chi connectivity index (χ4n) is 5.14. The highest BCUT2D eigenvalue weighted by Crippen LogP contribution is 2.33. The summed E-state index contributed by atoms with van der Waals surface area (Å²) in [5.41, 5.74) is 2.66. The Hall–Kier alpha value is -4.44. The number of aliphatic hydroxyl groups is 1. The number of halogens is 3. The lowest BCUT2D eigenvalue weighted by Crippen LogP contribution is -2.34. The van der Waals surface area contributed by atoms with Gasteiger partial charge in [0.05, 0.1) is 5.56 Å². The fraction of sp³-hybridized carbons (Fsp3) is 0.258. The molecule has 2 aromatic carbocycles. The van der Waals surface area contributed by atoms with E-state index in [9.17, 15) is 27.9 Å². The summed E-state index contributed by atoms with van der Waals surface area (Å²) in [7, 11) is 0. The van der Waals surface area contributed by atoms with Crippen LogP contribution >= 0.6 is 0 Å². The van der Waals surface area contributed by atoms with Gasteiger partial charge in [0, 0.05) is 53.8 Å². The minimum atomic E-state index is -4.45. The predicted octanol–water partition coefficient (Wildman–Crippen LogP) is 5.57. The summed E-state index contributed by atoms with van der Waals surface area (Å²) in [5, 5.41) is 15.3. The van der Waals surface area contributed by atoms with Crippen molar-refractivity contribution in [2.45, 2.75) is 44.5 Å². The predicted molar refractivity (Wildman–Crippen MR) is 151 cm³/mol. The molecule has 10 heteroatoms. The molecule has 5 rings (SSSR count). The number of alkyl halides is 3. The van der Waals surface area contributed by atoms with Crippen LogP contribution in [0.1, 0.15) is 42.0 Å². The molecule has 3 N–H and O–H groups in total. The minimum Gasteiger partial charge on any atom is -0.383 e. The molecule has 0 aliphatic carbocycles. The molecule has 212 valence electrons. The number of carbonyl (C=O) groups excluding carboxylic acids is 2. The van der Waals surface area contributed by atoms with Gasteiger partial charge in [0.25, 0.3) is 5.91 Å². The zero-order chi connectivity index (χ0) is 29.1. The number of aliphatic hydroxyl groups excluding tert-OH is 1. The van der Waals surface area contributed by atoms with Crippen molar-refractivity contribution in [2.75, 3.05) is 22.1 Å². The van der Waals surface area contributed by atoms with Crippen LogP contribution in [0, 0.1) is 0 Å². The van der Waals surface area contributed by atoms with Crippen molar-refractivity contribution in [1.29, 1.82) is 0 Å². The molecule has 0 bridgehead atoms. The van der Waals surface area contributed by atoms with Gasteiger partial charge in [0.1, 0.15) is 11.9 Å². The Morgan fingerprint density at radius 3 is 2.54 bits per heavy atom. The molecule has 3 heterocycles. The van der Waals surface area contributed by atoms with E-state index in [1.807, 2.05) is 12.1 Å². The number of hydrogen-bond donors (Lipinski definition) is 3. The van der Waals surface area contributed by atoms with Crippen LogP contribution in [0.4, 0.5) is 30.4 Å². The Labute approximate surface area is 235 Å². The molecule has 1 aromatic heterocycles. The molecule has 0 radical (unpaired) electrons. The van der Waals surface area contributed by atoms with Gasteiger partial charge >= 0.3 is 6.18 Å². The van der Waals surface area contributed by atoms with Gasteiger partial charge in [-0.05, 0) is 67.3 Å². The number of aromatic nitrogens is 1. The molecule has 2 aliphatic heterocycles. The molecule has 2 aliphatic rings. The van der Waals surface area contributed by atoms with E-state index in [-0.39, 0.29) is 6.42 Å². The molecule has 2 atom stereocenters. The lowest BCUT2D eigenvalue weighted by molar-refractivity contribution is -0.137. The van der Waals surface area contributed by atoms with Crippen LogP contribution in [0.15, 0.2) is 79.0 Å². The van der Waals surface area contributed by atoms with E-state index >= 15 is 0 Å². The number of pyridine rings is 1. The van der Waals surface area contributed by atoms with Crippen molar-refractivity contribution in [3.8, 4) is 0 Å². The second-order valence-electron chi connectivity index (χ2n) is 10.1. The van der Waals surface area contributed by atoms with Crippen molar-refractivity contribution < 1.29 is 27.9 Å². The Bertz CT molecular complexity index is 1500. The SMILES string of the molecule is CC1CCCN1c1ccc(C(=CC=CC(=O)Nc2cccc3c2CC(O)C(=O)N3)c2ccc(C(F)(F)F)cc2)cn1. The second kappa shape index (κ2) is 11.6. The van der Waals surface area contributed by atoms with Gasteiger partial charge in [-0.15, -0.1) is 0 Å². The number of carbonyl (C=O) groups is 2. The number of anilines is 3. The monoisotopic (exact) mass is 562 g/mol. The molecule has 0 saturated carbocycles. The van der Waals surface area contributed by atoms with Crippen LogP contribution in [0.2, 0.25) is 0 Å². The highest BCUT2D eigenvalue weighted by atomic mass is 19.4. The van der Waals surface area contributed by atoms with Gasteiger partial charge in [-0.25, -0.2) is 4.98 Å². The first-order valence-corrected chi connectivity index (χ1v) is 13.3. The van der Waals surface area contributed by atoms with Gasteiger partial charge in [0.15, 0.2) is 0 Å². The molecule has 2 amide bonds. The molecule has 2 unspecified atom stereocenters. The minimum absolute atomic E-state index is 0.0680. The second-order valence-corrected chi connectivity index (χ2v) is 10.1. The van der Waals surface area contributed by atoms with E-state index in [0.717, 1.165) is 37.3 Å². The zero-order valence-corrected chi connectivity index (χ0v) is 22.3. The van der Waals surface area contributed by atoms with Crippen molar-refractivity contribution in [3.63, 3.8) is 0 Å². The average molecular weight is 563 g/mol. The van der Waals surface area contributed by atoms with Crippen LogP contribution in [0.25, 0.3) is 5.57 Å². The highest BCUT2D eigenvalue weighted by Gasteiger charge is 2.30. The van der Waals surface area contributed by atoms with Crippen LogP contribution in [0.3, 0.4) is 0 Å². The number of benzene rings is 2. The third kappa shape index (κ3) is 6.33. The quantitative estimate of drug-likeness (QED) is 0.270. The van der Waals surface area contributed by atoms with E-state index in [2.05, 4.69) is 27.4 Å². The fourth-order valence-corrected chi connectivity index (χ4v) is 5.14. The molecule has 7 nitrogen and oxygen atoms in total. The number of amides is 2. The van der Waals surface area contributed by atoms with Crippen LogP contribution in [-0.2, 0) is 22.2 Å².